The van der Waals surface area contributed by atoms with Crippen LogP contribution in [0.5, 0.6) is 0 Å². The minimum Gasteiger partial charge on any atom is -0.444 e. The molecular formula is C20H27BrN4O4. The zero-order valence-corrected chi connectivity index (χ0v) is 18.5. The van der Waals surface area contributed by atoms with Crippen molar-refractivity contribution in [2.24, 2.45) is 5.73 Å². The molecule has 0 aromatic carbocycles. The maximum absolute atomic E-state index is 13.1. The molecule has 1 aromatic heterocycles. The molecule has 3 rings (SSSR count). The van der Waals surface area contributed by atoms with Crippen LogP contribution in [0, 0.1) is 0 Å². The van der Waals surface area contributed by atoms with Gasteiger partial charge >= 0.3 is 6.09 Å². The van der Waals surface area contributed by atoms with Gasteiger partial charge in [-0.25, -0.2) is 9.78 Å². The van der Waals surface area contributed by atoms with Crippen LogP contribution < -0.4 is 11.1 Å². The maximum Gasteiger partial charge on any atom is 0.410 e. The summed E-state index contributed by atoms with van der Waals surface area (Å²) in [5.74, 6) is -1.19. The number of aromatic nitrogens is 1. The summed E-state index contributed by atoms with van der Waals surface area (Å²) in [6.07, 6.45) is 3.70. The van der Waals surface area contributed by atoms with Crippen LogP contribution in [0.25, 0.3) is 0 Å². The maximum atomic E-state index is 13.1. The van der Waals surface area contributed by atoms with E-state index in [0.29, 0.717) is 24.0 Å². The number of likely N-dealkylation sites (tertiary alicyclic amines) is 1. The smallest absolute Gasteiger partial charge is 0.410 e. The number of halogens is 1. The van der Waals surface area contributed by atoms with E-state index in [1.165, 1.54) is 4.90 Å². The average Bonchev–Trinajstić information content (AvgIpc) is 3.36. The third kappa shape index (κ3) is 4.71. The summed E-state index contributed by atoms with van der Waals surface area (Å²) in [6, 6.07) is 2.96. The number of carbonyl (C=O) groups excluding carboxylic acids is 3. The third-order valence-corrected chi connectivity index (χ3v) is 5.80. The monoisotopic (exact) mass is 466 g/mol. The molecule has 0 radical (unpaired) electrons. The molecule has 1 aliphatic heterocycles. The van der Waals surface area contributed by atoms with Crippen molar-refractivity contribution >= 4 is 33.8 Å². The number of nitrogens with zero attached hydrogens (tertiary/aromatic N) is 2. The quantitative estimate of drug-likeness (QED) is 0.661. The van der Waals surface area contributed by atoms with E-state index in [2.05, 4.69) is 26.2 Å². The van der Waals surface area contributed by atoms with Crippen molar-refractivity contribution in [2.45, 2.75) is 69.6 Å². The largest absolute Gasteiger partial charge is 0.444 e. The van der Waals surface area contributed by atoms with E-state index < -0.39 is 29.2 Å². The second-order valence-corrected chi connectivity index (χ2v) is 9.49. The molecule has 3 atom stereocenters. The predicted octanol–water partition coefficient (Wildman–Crippen LogP) is 2.46. The summed E-state index contributed by atoms with van der Waals surface area (Å²) >= 11 is 3.28. The lowest BCUT2D eigenvalue weighted by atomic mass is 10.0. The number of pyridine rings is 1. The van der Waals surface area contributed by atoms with Gasteiger partial charge in [0.05, 0.1) is 0 Å². The molecule has 0 spiro atoms. The summed E-state index contributed by atoms with van der Waals surface area (Å²) in [6.45, 7) is 5.80. The Morgan fingerprint density at radius 3 is 2.62 bits per heavy atom. The highest BCUT2D eigenvalue weighted by Gasteiger charge is 2.61. The van der Waals surface area contributed by atoms with Gasteiger partial charge in [-0.05, 0) is 74.0 Å². The average molecular weight is 467 g/mol. The molecule has 3 amide bonds. The topological polar surface area (TPSA) is 115 Å². The van der Waals surface area contributed by atoms with Gasteiger partial charge in [-0.15, -0.1) is 0 Å². The van der Waals surface area contributed by atoms with Gasteiger partial charge in [-0.1, -0.05) is 6.07 Å². The fourth-order valence-electron chi connectivity index (χ4n) is 3.78. The second kappa shape index (κ2) is 7.93. The molecule has 2 fully saturated rings. The van der Waals surface area contributed by atoms with E-state index in [1.54, 1.807) is 33.0 Å². The Kier molecular flexibility index (Phi) is 5.89. The van der Waals surface area contributed by atoms with Crippen LogP contribution in [-0.4, -0.2) is 51.5 Å². The lowest BCUT2D eigenvalue weighted by Gasteiger charge is -2.36. The van der Waals surface area contributed by atoms with Crippen LogP contribution >= 0.6 is 15.9 Å². The number of hydrogen-bond acceptors (Lipinski definition) is 5. The first-order valence-corrected chi connectivity index (χ1v) is 10.6. The van der Waals surface area contributed by atoms with Crippen molar-refractivity contribution in [1.82, 2.24) is 15.2 Å². The molecule has 29 heavy (non-hydrogen) atoms. The van der Waals surface area contributed by atoms with Crippen LogP contribution in [0.3, 0.4) is 0 Å². The number of carbonyl (C=O) groups is 3. The lowest BCUT2D eigenvalue weighted by molar-refractivity contribution is -0.132. The number of nitrogens with one attached hydrogen (secondary N) is 1. The van der Waals surface area contributed by atoms with Crippen molar-refractivity contribution in [1.29, 1.82) is 0 Å². The minimum atomic E-state index is -1.15. The fraction of sp³-hybridized carbons (Fsp3) is 0.600. The van der Waals surface area contributed by atoms with Gasteiger partial charge in [0.15, 0.2) is 0 Å². The Bertz CT molecular complexity index is 808. The molecule has 158 valence electrons. The van der Waals surface area contributed by atoms with Gasteiger partial charge in [-0.3, -0.25) is 14.5 Å². The summed E-state index contributed by atoms with van der Waals surface area (Å²) in [7, 11) is 0. The summed E-state index contributed by atoms with van der Waals surface area (Å²) in [5.41, 5.74) is 4.69. The molecule has 1 saturated carbocycles. The van der Waals surface area contributed by atoms with Crippen LogP contribution in [0.1, 0.15) is 57.9 Å². The van der Waals surface area contributed by atoms with Crippen LogP contribution in [0.2, 0.25) is 0 Å². The SMILES string of the molecule is CC(C)(C)OC(=O)N1CCCC[C@H]1C(=O)NC1(C(N)=O)C[C@H]1c1ccc(Br)nc1. The van der Waals surface area contributed by atoms with Gasteiger partial charge in [0.2, 0.25) is 11.8 Å². The van der Waals surface area contributed by atoms with E-state index in [4.69, 9.17) is 10.5 Å². The highest BCUT2D eigenvalue weighted by atomic mass is 79.9. The Hall–Kier alpha value is -2.16. The number of ether oxygens (including phenoxy) is 1. The molecule has 3 N–H and O–H groups in total. The number of rotatable bonds is 4. The molecule has 1 unspecified atom stereocenters. The molecule has 1 aliphatic carbocycles. The van der Waals surface area contributed by atoms with Crippen LogP contribution in [0.4, 0.5) is 4.79 Å². The third-order valence-electron chi connectivity index (χ3n) is 5.33. The van der Waals surface area contributed by atoms with Gasteiger partial charge in [0, 0.05) is 18.7 Å². The van der Waals surface area contributed by atoms with Crippen molar-refractivity contribution < 1.29 is 19.1 Å². The highest BCUT2D eigenvalue weighted by molar-refractivity contribution is 9.10. The van der Waals surface area contributed by atoms with E-state index in [9.17, 15) is 14.4 Å². The number of nitrogens with two attached hydrogens (primary N) is 1. The Morgan fingerprint density at radius 2 is 2.03 bits per heavy atom. The van der Waals surface area contributed by atoms with Crippen molar-refractivity contribution in [3.05, 3.63) is 28.5 Å². The molecule has 9 heteroatoms. The molecule has 1 aromatic rings. The number of hydrogen-bond donors (Lipinski definition) is 2. The van der Waals surface area contributed by atoms with Gasteiger partial charge in [0.25, 0.3) is 0 Å². The van der Waals surface area contributed by atoms with Crippen molar-refractivity contribution in [3.63, 3.8) is 0 Å². The van der Waals surface area contributed by atoms with E-state index in [1.807, 2.05) is 6.07 Å². The van der Waals surface area contributed by atoms with Gasteiger partial charge < -0.3 is 15.8 Å². The molecule has 2 heterocycles. The molecule has 8 nitrogen and oxygen atoms in total. The first-order valence-electron chi connectivity index (χ1n) is 9.76. The van der Waals surface area contributed by atoms with Crippen LogP contribution in [0.15, 0.2) is 22.9 Å². The Morgan fingerprint density at radius 1 is 1.31 bits per heavy atom. The number of piperidine rings is 1. The van der Waals surface area contributed by atoms with Crippen molar-refractivity contribution in [3.8, 4) is 0 Å². The van der Waals surface area contributed by atoms with Gasteiger partial charge in [0.1, 0.15) is 21.8 Å². The lowest BCUT2D eigenvalue weighted by Crippen LogP contribution is -2.57. The first kappa shape index (κ1) is 21.5. The number of primary amides is 1. The summed E-state index contributed by atoms with van der Waals surface area (Å²) < 4.78 is 6.14. The fourth-order valence-corrected chi connectivity index (χ4v) is 4.01. The van der Waals surface area contributed by atoms with E-state index >= 15 is 0 Å². The molecule has 2 aliphatic rings. The molecule has 1 saturated heterocycles. The van der Waals surface area contributed by atoms with Gasteiger partial charge in [-0.2, -0.15) is 0 Å². The molecular weight excluding hydrogens is 440 g/mol. The second-order valence-electron chi connectivity index (χ2n) is 8.68. The summed E-state index contributed by atoms with van der Waals surface area (Å²) in [5, 5.41) is 2.85. The van der Waals surface area contributed by atoms with E-state index in [-0.39, 0.29) is 11.8 Å². The standard InChI is InChI=1S/C20H27BrN4O4/c1-19(2,3)29-18(28)25-9-5-4-6-14(25)16(26)24-20(17(22)27)10-13(20)12-7-8-15(21)23-11-12/h7-8,11,13-14H,4-6,9-10H2,1-3H3,(H2,22,27)(H,24,26)/t13-,14-,20?/m0/s1. The minimum absolute atomic E-state index is 0.233. The zero-order valence-electron chi connectivity index (χ0n) is 16.9. The first-order chi connectivity index (χ1) is 13.5. The zero-order chi connectivity index (χ0) is 21.4. The molecule has 0 bridgehead atoms. The van der Waals surface area contributed by atoms with E-state index in [0.717, 1.165) is 18.4 Å². The highest BCUT2D eigenvalue weighted by Crippen LogP contribution is 2.51. The Balaban J connectivity index is 1.75. The van der Waals surface area contributed by atoms with Crippen molar-refractivity contribution in [2.75, 3.05) is 6.54 Å². The normalized spacial score (nSPS) is 26.6. The number of amides is 3. The predicted molar refractivity (Wildman–Crippen MR) is 110 cm³/mol. The Labute approximate surface area is 178 Å². The summed E-state index contributed by atoms with van der Waals surface area (Å²) in [4.78, 5) is 43.5. The van der Waals surface area contributed by atoms with Crippen LogP contribution in [-0.2, 0) is 14.3 Å².